The highest BCUT2D eigenvalue weighted by molar-refractivity contribution is 6.14. The summed E-state index contributed by atoms with van der Waals surface area (Å²) in [7, 11) is 0. The molecule has 8 aromatic carbocycles. The van der Waals surface area contributed by atoms with Crippen molar-refractivity contribution < 1.29 is 4.42 Å². The number of aromatic nitrogens is 2. The molecule has 0 spiro atoms. The fraction of sp³-hybridized carbons (Fsp3) is 0. The second kappa shape index (κ2) is 10.8. The van der Waals surface area contributed by atoms with Crippen molar-refractivity contribution in [1.29, 1.82) is 0 Å². The summed E-state index contributed by atoms with van der Waals surface area (Å²) in [6, 6.07) is 65.3. The van der Waals surface area contributed by atoms with Gasteiger partial charge in [0.1, 0.15) is 11.2 Å². The Morgan fingerprint density at radius 3 is 1.31 bits per heavy atom. The first-order valence-electron chi connectivity index (χ1n) is 17.4. The molecule has 3 nitrogen and oxygen atoms in total. The lowest BCUT2D eigenvalue weighted by atomic mass is 10.00. The van der Waals surface area contributed by atoms with E-state index in [1.54, 1.807) is 0 Å². The summed E-state index contributed by atoms with van der Waals surface area (Å²) < 4.78 is 11.5. The average Bonchev–Trinajstić information content (AvgIpc) is 3.86. The van der Waals surface area contributed by atoms with E-state index in [1.807, 2.05) is 6.07 Å². The van der Waals surface area contributed by atoms with Crippen molar-refractivity contribution in [2.45, 2.75) is 0 Å². The molecule has 0 aliphatic rings. The van der Waals surface area contributed by atoms with E-state index in [9.17, 15) is 0 Å². The molecular formula is C48H30N2O. The third-order valence-electron chi connectivity index (χ3n) is 10.5. The zero-order valence-corrected chi connectivity index (χ0v) is 27.6. The van der Waals surface area contributed by atoms with E-state index < -0.39 is 0 Å². The zero-order valence-electron chi connectivity index (χ0n) is 27.6. The highest BCUT2D eigenvalue weighted by atomic mass is 16.3. The van der Waals surface area contributed by atoms with Crippen LogP contribution in [0.25, 0.3) is 99.2 Å². The SMILES string of the molecule is c1ccc(-c2cccc3c2oc2c(-c4ccc(-n5c6ccccc6c6cc(-n7c8ccccc8c8ccccc87)ccc65)cc4)cccc23)cc1. The average molecular weight is 651 g/mol. The molecule has 51 heavy (non-hydrogen) atoms. The number of hydrogen-bond donors (Lipinski definition) is 0. The van der Waals surface area contributed by atoms with Crippen LogP contribution in [0.3, 0.4) is 0 Å². The van der Waals surface area contributed by atoms with E-state index in [2.05, 4.69) is 185 Å². The van der Waals surface area contributed by atoms with Crippen molar-refractivity contribution in [3.05, 3.63) is 182 Å². The van der Waals surface area contributed by atoms with Crippen molar-refractivity contribution >= 4 is 65.6 Å². The summed E-state index contributed by atoms with van der Waals surface area (Å²) in [6.07, 6.45) is 0. The standard InChI is InChI=1S/C48H30N2O/c1-2-12-31(13-3-1)35-17-10-19-40-41-20-11-18-36(48(41)51-47(35)40)32-24-26-33(27-25-32)49-45-23-9-6-16-39(45)42-30-34(28-29-46(42)49)50-43-21-7-4-14-37(43)38-15-5-8-22-44(38)50/h1-30H. The van der Waals surface area contributed by atoms with Crippen LogP contribution in [-0.4, -0.2) is 9.13 Å². The highest BCUT2D eigenvalue weighted by Crippen LogP contribution is 2.41. The van der Waals surface area contributed by atoms with Crippen LogP contribution in [0.2, 0.25) is 0 Å². The number of para-hydroxylation sites is 5. The Morgan fingerprint density at radius 2 is 0.725 bits per heavy atom. The number of fused-ring (bicyclic) bond motifs is 9. The molecule has 0 saturated heterocycles. The smallest absolute Gasteiger partial charge is 0.143 e. The Balaban J connectivity index is 1.05. The maximum Gasteiger partial charge on any atom is 0.143 e. The first-order chi connectivity index (χ1) is 25.3. The first-order valence-corrected chi connectivity index (χ1v) is 17.4. The molecule has 3 heteroatoms. The minimum Gasteiger partial charge on any atom is -0.455 e. The summed E-state index contributed by atoms with van der Waals surface area (Å²) in [6.45, 7) is 0. The number of benzene rings is 8. The van der Waals surface area contributed by atoms with Gasteiger partial charge in [0.25, 0.3) is 0 Å². The lowest BCUT2D eigenvalue weighted by Crippen LogP contribution is -1.96. The van der Waals surface area contributed by atoms with Crippen LogP contribution in [0.15, 0.2) is 186 Å². The largest absolute Gasteiger partial charge is 0.455 e. The minimum absolute atomic E-state index is 0.915. The van der Waals surface area contributed by atoms with E-state index in [0.29, 0.717) is 0 Å². The van der Waals surface area contributed by atoms with Crippen LogP contribution < -0.4 is 0 Å². The van der Waals surface area contributed by atoms with Gasteiger partial charge >= 0.3 is 0 Å². The predicted molar refractivity (Wildman–Crippen MR) is 213 cm³/mol. The normalized spacial score (nSPS) is 11.9. The predicted octanol–water partition coefficient (Wildman–Crippen LogP) is 13.1. The highest BCUT2D eigenvalue weighted by Gasteiger charge is 2.18. The molecule has 0 unspecified atom stereocenters. The summed E-state index contributed by atoms with van der Waals surface area (Å²) in [5.41, 5.74) is 13.4. The zero-order chi connectivity index (χ0) is 33.5. The maximum atomic E-state index is 6.73. The van der Waals surface area contributed by atoms with Crippen LogP contribution >= 0.6 is 0 Å². The summed E-state index contributed by atoms with van der Waals surface area (Å²) >= 11 is 0. The monoisotopic (exact) mass is 650 g/mol. The van der Waals surface area contributed by atoms with Gasteiger partial charge in [-0.25, -0.2) is 0 Å². The Hall–Kier alpha value is -6.84. The minimum atomic E-state index is 0.915. The summed E-state index contributed by atoms with van der Waals surface area (Å²) in [4.78, 5) is 0. The second-order valence-corrected chi connectivity index (χ2v) is 13.3. The van der Waals surface area contributed by atoms with Crippen molar-refractivity contribution in [3.63, 3.8) is 0 Å². The molecule has 3 heterocycles. The number of hydrogen-bond acceptors (Lipinski definition) is 1. The number of nitrogens with zero attached hydrogens (tertiary/aromatic N) is 2. The lowest BCUT2D eigenvalue weighted by Gasteiger charge is -2.11. The molecule has 11 aromatic rings. The van der Waals surface area contributed by atoms with Gasteiger partial charge in [-0.3, -0.25) is 0 Å². The molecular weight excluding hydrogens is 621 g/mol. The number of furan rings is 1. The molecule has 0 bridgehead atoms. The van der Waals surface area contributed by atoms with Gasteiger partial charge in [-0.15, -0.1) is 0 Å². The maximum absolute atomic E-state index is 6.73. The molecule has 0 radical (unpaired) electrons. The van der Waals surface area contributed by atoms with Crippen LogP contribution in [0.5, 0.6) is 0 Å². The Kier molecular flexibility index (Phi) is 5.96. The van der Waals surface area contributed by atoms with Gasteiger partial charge in [0.2, 0.25) is 0 Å². The third-order valence-corrected chi connectivity index (χ3v) is 10.5. The summed E-state index contributed by atoms with van der Waals surface area (Å²) in [5.74, 6) is 0. The molecule has 0 atom stereocenters. The first kappa shape index (κ1) is 28.0. The Labute approximate surface area is 293 Å². The van der Waals surface area contributed by atoms with Gasteiger partial charge in [-0.05, 0) is 59.7 Å². The lowest BCUT2D eigenvalue weighted by molar-refractivity contribution is 0.671. The Morgan fingerprint density at radius 1 is 0.294 bits per heavy atom. The van der Waals surface area contributed by atoms with Crippen LogP contribution in [0.1, 0.15) is 0 Å². The third kappa shape index (κ3) is 4.12. The van der Waals surface area contributed by atoms with E-state index in [4.69, 9.17) is 4.42 Å². The molecule has 0 aliphatic heterocycles. The van der Waals surface area contributed by atoms with Gasteiger partial charge in [0.05, 0.1) is 22.1 Å². The van der Waals surface area contributed by atoms with Crippen molar-refractivity contribution in [2.24, 2.45) is 0 Å². The van der Waals surface area contributed by atoms with Crippen molar-refractivity contribution in [1.82, 2.24) is 9.13 Å². The Bertz CT molecular complexity index is 3070. The van der Waals surface area contributed by atoms with Gasteiger partial charge < -0.3 is 13.6 Å². The van der Waals surface area contributed by atoms with E-state index in [-0.39, 0.29) is 0 Å². The number of rotatable bonds is 4. The van der Waals surface area contributed by atoms with Crippen LogP contribution in [0, 0.1) is 0 Å². The van der Waals surface area contributed by atoms with Gasteiger partial charge in [0, 0.05) is 54.8 Å². The molecule has 0 aliphatic carbocycles. The van der Waals surface area contributed by atoms with Crippen LogP contribution in [-0.2, 0) is 0 Å². The molecule has 11 rings (SSSR count). The fourth-order valence-corrected chi connectivity index (χ4v) is 8.26. The molecule has 238 valence electrons. The second-order valence-electron chi connectivity index (χ2n) is 13.3. The molecule has 3 aromatic heterocycles. The molecule has 0 saturated carbocycles. The van der Waals surface area contributed by atoms with Crippen LogP contribution in [0.4, 0.5) is 0 Å². The van der Waals surface area contributed by atoms with Gasteiger partial charge in [0.15, 0.2) is 0 Å². The van der Waals surface area contributed by atoms with Gasteiger partial charge in [-0.2, -0.15) is 0 Å². The fourth-order valence-electron chi connectivity index (χ4n) is 8.26. The molecule has 0 N–H and O–H groups in total. The van der Waals surface area contributed by atoms with Gasteiger partial charge in [-0.1, -0.05) is 133 Å². The molecule has 0 fully saturated rings. The van der Waals surface area contributed by atoms with Crippen molar-refractivity contribution in [2.75, 3.05) is 0 Å². The van der Waals surface area contributed by atoms with Crippen molar-refractivity contribution in [3.8, 4) is 33.6 Å². The van der Waals surface area contributed by atoms with E-state index in [0.717, 1.165) is 55.6 Å². The summed E-state index contributed by atoms with van der Waals surface area (Å²) in [5, 5.41) is 7.27. The van der Waals surface area contributed by atoms with E-state index >= 15 is 0 Å². The quantitative estimate of drug-likeness (QED) is 0.186. The topological polar surface area (TPSA) is 23.0 Å². The van der Waals surface area contributed by atoms with E-state index in [1.165, 1.54) is 43.6 Å². The molecule has 0 amide bonds.